The quantitative estimate of drug-likeness (QED) is 0.340. The van der Waals surface area contributed by atoms with Crippen LogP contribution in [-0.4, -0.2) is 13.1 Å². The summed E-state index contributed by atoms with van der Waals surface area (Å²) in [5, 5.41) is 0. The Hall–Kier alpha value is -0.790. The summed E-state index contributed by atoms with van der Waals surface area (Å²) in [4.78, 5) is 10.5. The number of esters is 1. The van der Waals surface area contributed by atoms with Gasteiger partial charge in [0.2, 0.25) is 0 Å². The van der Waals surface area contributed by atoms with E-state index in [1.54, 1.807) is 0 Å². The minimum absolute atomic E-state index is 0.121. The van der Waals surface area contributed by atoms with Gasteiger partial charge >= 0.3 is 5.97 Å². The molecule has 0 aromatic carbocycles. The minimum atomic E-state index is -0.121. The average Bonchev–Trinajstić information content (AvgIpc) is 1.98. The highest BCUT2D eigenvalue weighted by molar-refractivity contribution is 5.68. The van der Waals surface area contributed by atoms with Crippen LogP contribution in [0.25, 0.3) is 0 Å². The van der Waals surface area contributed by atoms with Crippen molar-refractivity contribution >= 4 is 5.97 Å². The average molecular weight is 142 g/mol. The zero-order valence-corrected chi connectivity index (χ0v) is 6.59. The number of methoxy groups -OCH3 is 1. The Labute approximate surface area is 61.9 Å². The van der Waals surface area contributed by atoms with Crippen LogP contribution in [0.15, 0.2) is 12.2 Å². The van der Waals surface area contributed by atoms with Crippen LogP contribution in [0.2, 0.25) is 0 Å². The molecule has 0 saturated carbocycles. The van der Waals surface area contributed by atoms with Gasteiger partial charge < -0.3 is 4.74 Å². The summed E-state index contributed by atoms with van der Waals surface area (Å²) in [6.45, 7) is 1.97. The molecular weight excluding hydrogens is 128 g/mol. The van der Waals surface area contributed by atoms with Crippen molar-refractivity contribution < 1.29 is 9.53 Å². The molecular formula is C8H14O2. The number of hydrogen-bond donors (Lipinski definition) is 0. The molecule has 10 heavy (non-hydrogen) atoms. The lowest BCUT2D eigenvalue weighted by Crippen LogP contribution is -1.98. The Bertz CT molecular complexity index is 116. The first-order valence-corrected chi connectivity index (χ1v) is 3.49. The molecule has 0 amide bonds. The van der Waals surface area contributed by atoms with Crippen molar-refractivity contribution in [1.82, 2.24) is 0 Å². The van der Waals surface area contributed by atoms with Crippen molar-refractivity contribution in [3.05, 3.63) is 12.2 Å². The van der Waals surface area contributed by atoms with Crippen molar-refractivity contribution in [2.45, 2.75) is 26.2 Å². The molecule has 2 heteroatoms. The van der Waals surface area contributed by atoms with Gasteiger partial charge in [0.1, 0.15) is 0 Å². The van der Waals surface area contributed by atoms with E-state index in [9.17, 15) is 4.79 Å². The van der Waals surface area contributed by atoms with Crippen LogP contribution in [0, 0.1) is 0 Å². The van der Waals surface area contributed by atoms with Gasteiger partial charge in [-0.25, -0.2) is 0 Å². The molecule has 0 atom stereocenters. The van der Waals surface area contributed by atoms with E-state index in [-0.39, 0.29) is 5.97 Å². The monoisotopic (exact) mass is 142 g/mol. The Balaban J connectivity index is 3.11. The normalized spacial score (nSPS) is 10.2. The van der Waals surface area contributed by atoms with Gasteiger partial charge in [-0.3, -0.25) is 4.79 Å². The molecule has 0 N–H and O–H groups in total. The van der Waals surface area contributed by atoms with Crippen LogP contribution in [0.1, 0.15) is 26.2 Å². The zero-order chi connectivity index (χ0) is 7.82. The summed E-state index contributed by atoms with van der Waals surface area (Å²) in [5.41, 5.74) is 0. The van der Waals surface area contributed by atoms with Gasteiger partial charge in [-0.05, 0) is 19.8 Å². The van der Waals surface area contributed by atoms with Gasteiger partial charge in [0.15, 0.2) is 0 Å². The first-order chi connectivity index (χ1) is 4.81. The standard InChI is InChI=1S/C8H14O2/c1-3-4-5-6-7-8(9)10-2/h3-4H,5-7H2,1-2H3/b4-3+. The number of ether oxygens (including phenoxy) is 1. The van der Waals surface area contributed by atoms with E-state index in [0.717, 1.165) is 12.8 Å². The zero-order valence-electron chi connectivity index (χ0n) is 6.59. The van der Waals surface area contributed by atoms with E-state index in [2.05, 4.69) is 4.74 Å². The van der Waals surface area contributed by atoms with Crippen LogP contribution in [0.3, 0.4) is 0 Å². The molecule has 0 aromatic heterocycles. The molecule has 0 fully saturated rings. The van der Waals surface area contributed by atoms with Gasteiger partial charge in [-0.1, -0.05) is 12.2 Å². The van der Waals surface area contributed by atoms with Crippen LogP contribution in [-0.2, 0) is 9.53 Å². The Morgan fingerprint density at radius 3 is 2.80 bits per heavy atom. The Kier molecular flexibility index (Phi) is 5.83. The predicted molar refractivity (Wildman–Crippen MR) is 40.7 cm³/mol. The van der Waals surface area contributed by atoms with Gasteiger partial charge in [0, 0.05) is 6.42 Å². The molecule has 0 aliphatic heterocycles. The van der Waals surface area contributed by atoms with E-state index in [4.69, 9.17) is 0 Å². The summed E-state index contributed by atoms with van der Waals surface area (Å²) < 4.78 is 4.47. The molecule has 0 aromatic rings. The molecule has 0 spiro atoms. The van der Waals surface area contributed by atoms with E-state index in [1.165, 1.54) is 7.11 Å². The van der Waals surface area contributed by atoms with Crippen LogP contribution in [0.5, 0.6) is 0 Å². The van der Waals surface area contributed by atoms with Crippen molar-refractivity contribution in [1.29, 1.82) is 0 Å². The minimum Gasteiger partial charge on any atom is -0.469 e. The summed E-state index contributed by atoms with van der Waals surface area (Å²) in [7, 11) is 1.41. The van der Waals surface area contributed by atoms with Crippen molar-refractivity contribution in [3.8, 4) is 0 Å². The smallest absolute Gasteiger partial charge is 0.305 e. The third-order valence-electron chi connectivity index (χ3n) is 1.22. The van der Waals surface area contributed by atoms with Crippen LogP contribution < -0.4 is 0 Å². The maximum Gasteiger partial charge on any atom is 0.305 e. The third-order valence-corrected chi connectivity index (χ3v) is 1.22. The maximum atomic E-state index is 10.5. The molecule has 0 radical (unpaired) electrons. The number of hydrogen-bond acceptors (Lipinski definition) is 2. The second kappa shape index (κ2) is 6.33. The van der Waals surface area contributed by atoms with E-state index in [0.29, 0.717) is 6.42 Å². The van der Waals surface area contributed by atoms with Crippen LogP contribution in [0.4, 0.5) is 0 Å². The first-order valence-electron chi connectivity index (χ1n) is 3.49. The Morgan fingerprint density at radius 2 is 2.30 bits per heavy atom. The van der Waals surface area contributed by atoms with Gasteiger partial charge in [-0.15, -0.1) is 0 Å². The van der Waals surface area contributed by atoms with Gasteiger partial charge in [0.25, 0.3) is 0 Å². The highest BCUT2D eigenvalue weighted by atomic mass is 16.5. The molecule has 0 saturated heterocycles. The SMILES string of the molecule is C/C=C/CCCC(=O)OC. The second-order valence-corrected chi connectivity index (χ2v) is 2.04. The lowest BCUT2D eigenvalue weighted by molar-refractivity contribution is -0.140. The fourth-order valence-electron chi connectivity index (χ4n) is 0.633. The predicted octanol–water partition coefficient (Wildman–Crippen LogP) is 1.91. The summed E-state index contributed by atoms with van der Waals surface area (Å²) in [5.74, 6) is -0.121. The van der Waals surface area contributed by atoms with E-state index >= 15 is 0 Å². The highest BCUT2D eigenvalue weighted by Crippen LogP contribution is 1.97. The van der Waals surface area contributed by atoms with Crippen molar-refractivity contribution in [3.63, 3.8) is 0 Å². The van der Waals surface area contributed by atoms with Crippen molar-refractivity contribution in [2.24, 2.45) is 0 Å². The van der Waals surface area contributed by atoms with Crippen LogP contribution >= 0.6 is 0 Å². The second-order valence-electron chi connectivity index (χ2n) is 2.04. The van der Waals surface area contributed by atoms with Crippen molar-refractivity contribution in [2.75, 3.05) is 7.11 Å². The Morgan fingerprint density at radius 1 is 1.60 bits per heavy atom. The molecule has 0 bridgehead atoms. The third kappa shape index (κ3) is 5.35. The number of unbranched alkanes of at least 4 members (excludes halogenated alkanes) is 1. The van der Waals surface area contributed by atoms with Gasteiger partial charge in [-0.2, -0.15) is 0 Å². The summed E-state index contributed by atoms with van der Waals surface area (Å²) in [6.07, 6.45) is 6.41. The maximum absolute atomic E-state index is 10.5. The molecule has 0 unspecified atom stereocenters. The van der Waals surface area contributed by atoms with Gasteiger partial charge in [0.05, 0.1) is 7.11 Å². The largest absolute Gasteiger partial charge is 0.469 e. The summed E-state index contributed by atoms with van der Waals surface area (Å²) >= 11 is 0. The molecule has 0 aliphatic rings. The fourth-order valence-corrected chi connectivity index (χ4v) is 0.633. The lowest BCUT2D eigenvalue weighted by Gasteiger charge is -1.94. The number of carbonyl (C=O) groups excluding carboxylic acids is 1. The number of carbonyl (C=O) groups is 1. The topological polar surface area (TPSA) is 26.3 Å². The number of rotatable bonds is 4. The first kappa shape index (κ1) is 9.21. The molecule has 0 heterocycles. The summed E-state index contributed by atoms with van der Waals surface area (Å²) in [6, 6.07) is 0. The van der Waals surface area contributed by atoms with E-state index < -0.39 is 0 Å². The molecule has 0 aliphatic carbocycles. The van der Waals surface area contributed by atoms with E-state index in [1.807, 2.05) is 19.1 Å². The highest BCUT2D eigenvalue weighted by Gasteiger charge is 1.96. The molecule has 0 rings (SSSR count). The molecule has 58 valence electrons. The fraction of sp³-hybridized carbons (Fsp3) is 0.625. The molecule has 2 nitrogen and oxygen atoms in total. The lowest BCUT2D eigenvalue weighted by atomic mass is 10.2. The number of allylic oxidation sites excluding steroid dienone is 2.